The number of benzene rings is 2. The molecule has 0 saturated heterocycles. The molecule has 2 amide bonds. The van der Waals surface area contributed by atoms with Crippen LogP contribution in [0, 0.1) is 0 Å². The van der Waals surface area contributed by atoms with E-state index >= 15 is 0 Å². The molecule has 1 aliphatic carbocycles. The van der Waals surface area contributed by atoms with Gasteiger partial charge in [-0.25, -0.2) is 4.79 Å². The highest BCUT2D eigenvalue weighted by molar-refractivity contribution is 5.89. The largest absolute Gasteiger partial charge is 0.481 e. The minimum atomic E-state index is -1.26. The second-order valence-corrected chi connectivity index (χ2v) is 8.60. The minimum absolute atomic E-state index is 0.0681. The second kappa shape index (κ2) is 10.8. The normalized spacial score (nSPS) is 13.7. The van der Waals surface area contributed by atoms with Crippen molar-refractivity contribution in [2.45, 2.75) is 37.8 Å². The van der Waals surface area contributed by atoms with E-state index in [2.05, 4.69) is 15.6 Å². The lowest BCUT2D eigenvalue weighted by molar-refractivity contribution is -0.140. The molecule has 1 aromatic heterocycles. The van der Waals surface area contributed by atoms with Crippen LogP contribution >= 0.6 is 0 Å². The van der Waals surface area contributed by atoms with Crippen molar-refractivity contribution in [3.63, 3.8) is 0 Å². The molecule has 0 aliphatic heterocycles. The number of pyridine rings is 1. The van der Waals surface area contributed by atoms with Gasteiger partial charge < -0.3 is 20.5 Å². The molecule has 0 bridgehead atoms. The van der Waals surface area contributed by atoms with Crippen LogP contribution in [0.5, 0.6) is 0 Å². The third-order valence-corrected chi connectivity index (χ3v) is 5.98. The van der Waals surface area contributed by atoms with Crippen molar-refractivity contribution < 1.29 is 24.2 Å². The molecule has 0 saturated carbocycles. The van der Waals surface area contributed by atoms with Gasteiger partial charge >= 0.3 is 12.1 Å². The Kier molecular flexibility index (Phi) is 7.40. The van der Waals surface area contributed by atoms with Gasteiger partial charge in [0.25, 0.3) is 0 Å². The van der Waals surface area contributed by atoms with E-state index < -0.39 is 30.4 Å². The fourth-order valence-electron chi connectivity index (χ4n) is 4.43. The molecule has 35 heavy (non-hydrogen) atoms. The van der Waals surface area contributed by atoms with Gasteiger partial charge in [-0.1, -0.05) is 54.6 Å². The Labute approximate surface area is 203 Å². The van der Waals surface area contributed by atoms with Crippen molar-refractivity contribution in [3.05, 3.63) is 89.7 Å². The molecule has 3 N–H and O–H groups in total. The molecule has 0 fully saturated rings. The average molecular weight is 474 g/mol. The van der Waals surface area contributed by atoms with E-state index in [1.54, 1.807) is 25.4 Å². The van der Waals surface area contributed by atoms with Crippen LogP contribution in [0.2, 0.25) is 0 Å². The maximum absolute atomic E-state index is 12.7. The first-order valence-corrected chi connectivity index (χ1v) is 11.4. The number of carboxylic acids is 1. The summed E-state index contributed by atoms with van der Waals surface area (Å²) in [5.41, 5.74) is 5.25. The van der Waals surface area contributed by atoms with Gasteiger partial charge in [0.05, 0.1) is 6.42 Å². The molecule has 180 valence electrons. The number of nitrogens with one attached hydrogen (secondary N) is 2. The number of aliphatic carboxylic acids is 1. The SMILES string of the molecule is CC(Cc1cccnc1)NC(=O)C(CC(=O)O)NC(=O)OCC1c2ccccc2-c2ccccc21. The van der Waals surface area contributed by atoms with Crippen LogP contribution in [-0.4, -0.2) is 46.8 Å². The van der Waals surface area contributed by atoms with Crippen molar-refractivity contribution in [1.29, 1.82) is 0 Å². The predicted octanol–water partition coefficient (Wildman–Crippen LogP) is 3.51. The number of carboxylic acid groups (broad SMARTS) is 1. The maximum Gasteiger partial charge on any atom is 0.407 e. The van der Waals surface area contributed by atoms with Crippen LogP contribution in [0.15, 0.2) is 73.1 Å². The number of amides is 2. The first-order chi connectivity index (χ1) is 16.9. The highest BCUT2D eigenvalue weighted by atomic mass is 16.5. The number of ether oxygens (including phenoxy) is 1. The van der Waals surface area contributed by atoms with Crippen molar-refractivity contribution >= 4 is 18.0 Å². The van der Waals surface area contributed by atoms with Gasteiger partial charge in [-0.15, -0.1) is 0 Å². The summed E-state index contributed by atoms with van der Waals surface area (Å²) < 4.78 is 5.47. The van der Waals surface area contributed by atoms with Crippen molar-refractivity contribution in [2.75, 3.05) is 6.61 Å². The van der Waals surface area contributed by atoms with Crippen LogP contribution in [0.25, 0.3) is 11.1 Å². The minimum Gasteiger partial charge on any atom is -0.481 e. The zero-order valence-electron chi connectivity index (χ0n) is 19.3. The van der Waals surface area contributed by atoms with Crippen LogP contribution in [0.4, 0.5) is 4.79 Å². The summed E-state index contributed by atoms with van der Waals surface area (Å²) in [7, 11) is 0. The lowest BCUT2D eigenvalue weighted by Crippen LogP contribution is -2.50. The Hall–Kier alpha value is -4.20. The molecule has 0 spiro atoms. The van der Waals surface area contributed by atoms with E-state index in [-0.39, 0.29) is 18.6 Å². The van der Waals surface area contributed by atoms with Crippen LogP contribution in [0.3, 0.4) is 0 Å². The molecule has 0 radical (unpaired) electrons. The molecule has 3 aromatic rings. The number of hydrogen-bond donors (Lipinski definition) is 3. The van der Waals surface area contributed by atoms with Gasteiger partial charge in [0.2, 0.25) is 5.91 Å². The molecular weight excluding hydrogens is 446 g/mol. The molecule has 4 rings (SSSR count). The Bertz CT molecular complexity index is 1170. The van der Waals surface area contributed by atoms with E-state index in [0.717, 1.165) is 27.8 Å². The van der Waals surface area contributed by atoms with E-state index in [0.29, 0.717) is 6.42 Å². The number of aromatic nitrogens is 1. The molecule has 2 unspecified atom stereocenters. The number of nitrogens with zero attached hydrogens (tertiary/aromatic N) is 1. The Balaban J connectivity index is 1.37. The smallest absolute Gasteiger partial charge is 0.407 e. The Morgan fingerprint density at radius 3 is 2.23 bits per heavy atom. The fraction of sp³-hybridized carbons (Fsp3) is 0.259. The molecule has 8 nitrogen and oxygen atoms in total. The van der Waals surface area contributed by atoms with E-state index in [9.17, 15) is 19.5 Å². The first kappa shape index (κ1) is 23.9. The zero-order valence-corrected chi connectivity index (χ0v) is 19.3. The van der Waals surface area contributed by atoms with E-state index in [4.69, 9.17) is 4.74 Å². The number of rotatable bonds is 9. The van der Waals surface area contributed by atoms with Crippen molar-refractivity contribution in [1.82, 2.24) is 15.6 Å². The third-order valence-electron chi connectivity index (χ3n) is 5.98. The van der Waals surface area contributed by atoms with Gasteiger partial charge in [-0.2, -0.15) is 0 Å². The van der Waals surface area contributed by atoms with Gasteiger partial charge in [0.1, 0.15) is 12.6 Å². The van der Waals surface area contributed by atoms with Gasteiger partial charge in [0.15, 0.2) is 0 Å². The molecule has 2 atom stereocenters. The number of alkyl carbamates (subject to hydrolysis) is 1. The molecule has 1 aliphatic rings. The van der Waals surface area contributed by atoms with E-state index in [1.807, 2.05) is 54.6 Å². The zero-order chi connectivity index (χ0) is 24.8. The number of fused-ring (bicyclic) bond motifs is 3. The van der Waals surface area contributed by atoms with Crippen molar-refractivity contribution in [2.24, 2.45) is 0 Å². The first-order valence-electron chi connectivity index (χ1n) is 11.4. The number of carbonyl (C=O) groups is 3. The Morgan fingerprint density at radius 2 is 1.63 bits per heavy atom. The summed E-state index contributed by atoms with van der Waals surface area (Å²) in [4.78, 5) is 40.7. The molecular formula is C27H27N3O5. The quantitative estimate of drug-likeness (QED) is 0.438. The highest BCUT2D eigenvalue weighted by Crippen LogP contribution is 2.44. The highest BCUT2D eigenvalue weighted by Gasteiger charge is 2.30. The third kappa shape index (κ3) is 5.84. The summed E-state index contributed by atoms with van der Waals surface area (Å²) in [6, 6.07) is 18.0. The topological polar surface area (TPSA) is 118 Å². The van der Waals surface area contributed by atoms with Crippen molar-refractivity contribution in [3.8, 4) is 11.1 Å². The number of hydrogen-bond acceptors (Lipinski definition) is 5. The van der Waals surface area contributed by atoms with Crippen LogP contribution in [-0.2, 0) is 20.7 Å². The standard InChI is InChI=1S/C27H27N3O5/c1-17(13-18-7-6-12-28-15-18)29-26(33)24(14-25(31)32)30-27(34)35-16-23-21-10-4-2-8-19(21)20-9-3-5-11-22(20)23/h2-12,15,17,23-24H,13-14,16H2,1H3,(H,29,33)(H,30,34)(H,31,32). The summed E-state index contributed by atoms with van der Waals surface area (Å²) in [6.45, 7) is 1.87. The summed E-state index contributed by atoms with van der Waals surface area (Å²) in [5, 5.41) is 14.4. The monoisotopic (exact) mass is 473 g/mol. The lowest BCUT2D eigenvalue weighted by atomic mass is 9.98. The summed E-state index contributed by atoms with van der Waals surface area (Å²) in [6.07, 6.45) is 2.48. The average Bonchev–Trinajstić information content (AvgIpc) is 3.16. The Morgan fingerprint density at radius 1 is 0.971 bits per heavy atom. The van der Waals surface area contributed by atoms with Gasteiger partial charge in [-0.05, 0) is 47.2 Å². The van der Waals surface area contributed by atoms with Gasteiger partial charge in [-0.3, -0.25) is 14.6 Å². The van der Waals surface area contributed by atoms with Crippen LogP contribution < -0.4 is 10.6 Å². The van der Waals surface area contributed by atoms with Gasteiger partial charge in [0, 0.05) is 24.4 Å². The molecule has 2 aromatic carbocycles. The molecule has 1 heterocycles. The maximum atomic E-state index is 12.7. The molecule has 8 heteroatoms. The summed E-state index contributed by atoms with van der Waals surface area (Å²) in [5.74, 6) is -1.93. The van der Waals surface area contributed by atoms with E-state index in [1.165, 1.54) is 0 Å². The second-order valence-electron chi connectivity index (χ2n) is 8.60. The predicted molar refractivity (Wildman–Crippen MR) is 130 cm³/mol. The van der Waals surface area contributed by atoms with Crippen LogP contribution in [0.1, 0.15) is 36.0 Å². The lowest BCUT2D eigenvalue weighted by Gasteiger charge is -2.21. The number of carbonyl (C=O) groups excluding carboxylic acids is 2. The summed E-state index contributed by atoms with van der Waals surface area (Å²) >= 11 is 0. The fourth-order valence-corrected chi connectivity index (χ4v) is 4.43.